The molecule has 0 fully saturated rings. The highest BCUT2D eigenvalue weighted by atomic mass is 16.3. The second-order valence-electron chi connectivity index (χ2n) is 15.8. The minimum Gasteiger partial charge on any atom is -0.454 e. The average molecular weight is 706 g/mol. The fourth-order valence-electron chi connectivity index (χ4n) is 9.72. The summed E-state index contributed by atoms with van der Waals surface area (Å²) in [5.41, 5.74) is 18.9. The minimum atomic E-state index is -0.373. The number of hydrogen-bond donors (Lipinski definition) is 0. The molecule has 0 bridgehead atoms. The van der Waals surface area contributed by atoms with Crippen LogP contribution in [0.3, 0.4) is 0 Å². The predicted octanol–water partition coefficient (Wildman–Crippen LogP) is 14.4. The maximum Gasteiger partial charge on any atom is 0.159 e. The first kappa shape index (κ1) is 31.8. The molecule has 11 rings (SSSR count). The van der Waals surface area contributed by atoms with Gasteiger partial charge in [0, 0.05) is 33.0 Å². The Hall–Kier alpha value is -6.64. The lowest BCUT2D eigenvalue weighted by atomic mass is 9.74. The Bertz CT molecular complexity index is 2920. The Labute approximate surface area is 322 Å². The first-order valence-corrected chi connectivity index (χ1v) is 19.3. The van der Waals surface area contributed by atoms with E-state index >= 15 is 0 Å². The first-order valence-electron chi connectivity index (χ1n) is 19.3. The molecule has 0 saturated carbocycles. The molecule has 0 amide bonds. The number of furan rings is 1. The van der Waals surface area contributed by atoms with Crippen LogP contribution in [0.1, 0.15) is 48.6 Å². The van der Waals surface area contributed by atoms with Crippen molar-refractivity contribution >= 4 is 39.0 Å². The van der Waals surface area contributed by atoms with Crippen molar-refractivity contribution in [2.75, 3.05) is 4.90 Å². The van der Waals surface area contributed by atoms with Crippen LogP contribution in [0.5, 0.6) is 0 Å². The Morgan fingerprint density at radius 1 is 0.418 bits per heavy atom. The highest BCUT2D eigenvalue weighted by Crippen LogP contribution is 2.55. The zero-order valence-corrected chi connectivity index (χ0v) is 31.2. The van der Waals surface area contributed by atoms with E-state index in [-0.39, 0.29) is 10.8 Å². The summed E-state index contributed by atoms with van der Waals surface area (Å²) in [5.74, 6) is 0. The van der Waals surface area contributed by atoms with Gasteiger partial charge in [0.25, 0.3) is 0 Å². The van der Waals surface area contributed by atoms with Crippen molar-refractivity contribution in [3.63, 3.8) is 0 Å². The van der Waals surface area contributed by atoms with Crippen LogP contribution in [0.2, 0.25) is 0 Å². The lowest BCUT2D eigenvalue weighted by Crippen LogP contribution is -2.23. The molecule has 0 atom stereocenters. The van der Waals surface area contributed by atoms with Gasteiger partial charge in [-0.3, -0.25) is 0 Å². The Balaban J connectivity index is 1.10. The number of rotatable bonds is 5. The molecule has 1 heterocycles. The molecule has 2 aliphatic rings. The third-order valence-electron chi connectivity index (χ3n) is 12.6. The molecule has 262 valence electrons. The first-order chi connectivity index (χ1) is 26.9. The van der Waals surface area contributed by atoms with Gasteiger partial charge in [-0.2, -0.15) is 0 Å². The van der Waals surface area contributed by atoms with Crippen molar-refractivity contribution in [1.29, 1.82) is 0 Å². The summed E-state index contributed by atoms with van der Waals surface area (Å²) >= 11 is 0. The van der Waals surface area contributed by atoms with Crippen molar-refractivity contribution in [3.8, 4) is 33.4 Å². The van der Waals surface area contributed by atoms with Gasteiger partial charge in [-0.05, 0) is 117 Å². The number of hydrogen-bond acceptors (Lipinski definition) is 2. The molecule has 9 aromatic rings. The number of fused-ring (bicyclic) bond motifs is 9. The van der Waals surface area contributed by atoms with Crippen LogP contribution in [-0.2, 0) is 10.8 Å². The van der Waals surface area contributed by atoms with E-state index in [1.54, 1.807) is 0 Å². The molecular weight excluding hydrogens is 667 g/mol. The van der Waals surface area contributed by atoms with Crippen LogP contribution in [0.25, 0.3) is 55.3 Å². The molecule has 2 aliphatic carbocycles. The zero-order chi connectivity index (χ0) is 36.9. The third-order valence-corrected chi connectivity index (χ3v) is 12.6. The topological polar surface area (TPSA) is 16.4 Å². The molecule has 8 aromatic carbocycles. The minimum absolute atomic E-state index is 0.0497. The van der Waals surface area contributed by atoms with Crippen molar-refractivity contribution in [3.05, 3.63) is 210 Å². The molecule has 0 aliphatic heterocycles. The molecule has 55 heavy (non-hydrogen) atoms. The summed E-state index contributed by atoms with van der Waals surface area (Å²) in [4.78, 5) is 2.37. The van der Waals surface area contributed by atoms with Crippen LogP contribution < -0.4 is 4.90 Å². The summed E-state index contributed by atoms with van der Waals surface area (Å²) < 4.78 is 6.84. The van der Waals surface area contributed by atoms with E-state index < -0.39 is 0 Å². The molecule has 0 spiro atoms. The second-order valence-corrected chi connectivity index (χ2v) is 15.8. The SMILES string of the molecule is CC1(C)c2ccccc2-c2ccc(-c3ccc(N(c4ccccc4)c4cc(C5(C)c6ccccc6-c6ccccc65)cc5c4oc4ccccc45)cc3)cc21. The van der Waals surface area contributed by atoms with Gasteiger partial charge < -0.3 is 9.32 Å². The van der Waals surface area contributed by atoms with Crippen LogP contribution in [0.15, 0.2) is 186 Å². The van der Waals surface area contributed by atoms with E-state index in [1.807, 2.05) is 0 Å². The van der Waals surface area contributed by atoms with Gasteiger partial charge in [0.2, 0.25) is 0 Å². The van der Waals surface area contributed by atoms with Crippen LogP contribution in [0.4, 0.5) is 17.1 Å². The van der Waals surface area contributed by atoms with E-state index in [0.717, 1.165) is 39.0 Å². The van der Waals surface area contributed by atoms with E-state index in [4.69, 9.17) is 4.42 Å². The van der Waals surface area contributed by atoms with E-state index in [2.05, 4.69) is 208 Å². The lowest BCUT2D eigenvalue weighted by Gasteiger charge is -2.31. The second kappa shape index (κ2) is 11.7. The molecule has 2 heteroatoms. The monoisotopic (exact) mass is 705 g/mol. The lowest BCUT2D eigenvalue weighted by molar-refractivity contribution is 0.660. The molecule has 1 aromatic heterocycles. The average Bonchev–Trinajstić information content (AvgIpc) is 3.83. The maximum absolute atomic E-state index is 6.84. The highest BCUT2D eigenvalue weighted by Gasteiger charge is 2.41. The summed E-state index contributed by atoms with van der Waals surface area (Å²) in [6.45, 7) is 7.08. The number of para-hydroxylation sites is 2. The molecule has 0 radical (unpaired) electrons. The van der Waals surface area contributed by atoms with E-state index in [1.165, 1.54) is 61.2 Å². The number of nitrogens with zero attached hydrogens (tertiary/aromatic N) is 1. The molecule has 0 N–H and O–H groups in total. The molecule has 2 nitrogen and oxygen atoms in total. The van der Waals surface area contributed by atoms with Crippen molar-refractivity contribution < 1.29 is 4.42 Å². The summed E-state index contributed by atoms with van der Waals surface area (Å²) in [7, 11) is 0. The van der Waals surface area contributed by atoms with Gasteiger partial charge in [-0.15, -0.1) is 0 Å². The number of anilines is 3. The summed E-state index contributed by atoms with van der Waals surface area (Å²) in [6.07, 6.45) is 0. The van der Waals surface area contributed by atoms with Crippen LogP contribution in [-0.4, -0.2) is 0 Å². The van der Waals surface area contributed by atoms with Crippen molar-refractivity contribution in [2.45, 2.75) is 31.6 Å². The quantitative estimate of drug-likeness (QED) is 0.177. The fourth-order valence-corrected chi connectivity index (χ4v) is 9.72. The smallest absolute Gasteiger partial charge is 0.159 e. The van der Waals surface area contributed by atoms with Crippen molar-refractivity contribution in [1.82, 2.24) is 0 Å². The molecular formula is C53H39NO. The summed E-state index contributed by atoms with van der Waals surface area (Å²) in [6, 6.07) is 66.6. The van der Waals surface area contributed by atoms with E-state index in [0.29, 0.717) is 0 Å². The largest absolute Gasteiger partial charge is 0.454 e. The molecule has 0 unspecified atom stereocenters. The highest BCUT2D eigenvalue weighted by molar-refractivity contribution is 6.11. The van der Waals surface area contributed by atoms with Crippen LogP contribution in [0, 0.1) is 0 Å². The maximum atomic E-state index is 6.84. The van der Waals surface area contributed by atoms with Gasteiger partial charge in [0.05, 0.1) is 5.69 Å². The van der Waals surface area contributed by atoms with Crippen LogP contribution >= 0.6 is 0 Å². The Morgan fingerprint density at radius 2 is 0.964 bits per heavy atom. The zero-order valence-electron chi connectivity index (χ0n) is 31.2. The summed E-state index contributed by atoms with van der Waals surface area (Å²) in [5, 5.41) is 2.24. The third kappa shape index (κ3) is 4.55. The fraction of sp³-hybridized carbons (Fsp3) is 0.0943. The van der Waals surface area contributed by atoms with Gasteiger partial charge in [0.1, 0.15) is 5.58 Å². The predicted molar refractivity (Wildman–Crippen MR) is 229 cm³/mol. The van der Waals surface area contributed by atoms with Gasteiger partial charge in [-0.25, -0.2) is 0 Å². The number of benzene rings is 8. The molecule has 0 saturated heterocycles. The standard InChI is InChI=1S/C53H39NO/c1-52(2)45-21-11-7-17-39(45)42-30-27-35(31-48(42)52)34-25-28-38(29-26-34)54(37-15-5-4-6-16-37)49-33-36(32-44-43-20-10-14-24-50(43)55-51(44)49)53(3)46-22-12-8-18-40(46)41-19-9-13-23-47(41)53/h4-33H,1-3H3. The van der Waals surface area contributed by atoms with Gasteiger partial charge in [0.15, 0.2) is 5.58 Å². The van der Waals surface area contributed by atoms with E-state index in [9.17, 15) is 0 Å². The Morgan fingerprint density at radius 3 is 1.67 bits per heavy atom. The Kier molecular flexibility index (Phi) is 6.76. The van der Waals surface area contributed by atoms with Gasteiger partial charge in [-0.1, -0.05) is 147 Å². The van der Waals surface area contributed by atoms with Crippen molar-refractivity contribution in [2.24, 2.45) is 0 Å². The normalized spacial score (nSPS) is 14.4. The van der Waals surface area contributed by atoms with Gasteiger partial charge >= 0.3 is 0 Å².